The summed E-state index contributed by atoms with van der Waals surface area (Å²) in [5.74, 6) is 2.38. The van der Waals surface area contributed by atoms with E-state index >= 15 is 0 Å². The van der Waals surface area contributed by atoms with Crippen LogP contribution in [0.3, 0.4) is 0 Å². The molecular formula is C12H20O. The van der Waals surface area contributed by atoms with Crippen LogP contribution in [0.15, 0.2) is 0 Å². The summed E-state index contributed by atoms with van der Waals surface area (Å²) >= 11 is 0. The Morgan fingerprint density at radius 2 is 2.08 bits per heavy atom. The van der Waals surface area contributed by atoms with Gasteiger partial charge in [0.05, 0.1) is 0 Å². The summed E-state index contributed by atoms with van der Waals surface area (Å²) in [6.45, 7) is 2.21. The fraction of sp³-hybridized carbons (Fsp3) is 0.917. The Hall–Kier alpha value is -0.330. The third kappa shape index (κ3) is 1.53. The highest BCUT2D eigenvalue weighted by molar-refractivity contribution is 5.90. The van der Waals surface area contributed by atoms with Crippen molar-refractivity contribution in [1.29, 1.82) is 0 Å². The molecule has 0 spiro atoms. The highest BCUT2D eigenvalue weighted by Crippen LogP contribution is 2.48. The topological polar surface area (TPSA) is 17.1 Å². The summed E-state index contributed by atoms with van der Waals surface area (Å²) in [7, 11) is 0. The average molecular weight is 180 g/mol. The van der Waals surface area contributed by atoms with Crippen molar-refractivity contribution in [1.82, 2.24) is 0 Å². The van der Waals surface area contributed by atoms with Crippen LogP contribution >= 0.6 is 0 Å². The molecule has 0 aliphatic heterocycles. The zero-order chi connectivity index (χ0) is 9.26. The number of fused-ring (bicyclic) bond motifs is 1. The molecule has 0 aromatic heterocycles. The van der Waals surface area contributed by atoms with Gasteiger partial charge in [-0.05, 0) is 25.2 Å². The first-order chi connectivity index (χ1) is 6.34. The highest BCUT2D eigenvalue weighted by Gasteiger charge is 2.48. The van der Waals surface area contributed by atoms with E-state index in [0.29, 0.717) is 17.6 Å². The molecule has 0 amide bonds. The van der Waals surface area contributed by atoms with Crippen molar-refractivity contribution in [2.45, 2.75) is 51.9 Å². The van der Waals surface area contributed by atoms with E-state index in [-0.39, 0.29) is 0 Å². The zero-order valence-corrected chi connectivity index (χ0v) is 8.59. The van der Waals surface area contributed by atoms with Crippen LogP contribution in [0.5, 0.6) is 0 Å². The van der Waals surface area contributed by atoms with E-state index in [1.807, 2.05) is 0 Å². The van der Waals surface area contributed by atoms with Gasteiger partial charge in [-0.2, -0.15) is 0 Å². The van der Waals surface area contributed by atoms with E-state index in [1.54, 1.807) is 0 Å². The Balaban J connectivity index is 1.87. The van der Waals surface area contributed by atoms with Crippen LogP contribution in [-0.2, 0) is 4.79 Å². The smallest absolute Gasteiger partial charge is 0.139 e. The lowest BCUT2D eigenvalue weighted by Crippen LogP contribution is -2.48. The fourth-order valence-electron chi connectivity index (χ4n) is 3.14. The minimum absolute atomic E-state index is 0.477. The SMILES string of the molecule is CCCC[C@@H]1C(=O)[C@@H]2CCCC[C@H]12. The first kappa shape index (κ1) is 9.23. The normalized spacial score (nSPS) is 38.2. The van der Waals surface area contributed by atoms with E-state index in [2.05, 4.69) is 6.92 Å². The number of carbonyl (C=O) groups is 1. The minimum atomic E-state index is 0.477. The molecule has 0 N–H and O–H groups in total. The standard InChI is InChI=1S/C12H20O/c1-2-3-6-10-9-7-4-5-8-11(9)12(10)13/h9-11H,2-8H2,1H3/t9-,10+,11-/m1/s1. The number of hydrogen-bond donors (Lipinski definition) is 0. The van der Waals surface area contributed by atoms with Gasteiger partial charge in [0.15, 0.2) is 0 Å². The Morgan fingerprint density at radius 3 is 2.85 bits per heavy atom. The van der Waals surface area contributed by atoms with Gasteiger partial charge in [-0.15, -0.1) is 0 Å². The largest absolute Gasteiger partial charge is 0.299 e. The third-order valence-electron chi connectivity index (χ3n) is 3.94. The van der Waals surface area contributed by atoms with Crippen LogP contribution in [0, 0.1) is 17.8 Å². The van der Waals surface area contributed by atoms with Gasteiger partial charge in [-0.3, -0.25) is 4.79 Å². The molecule has 2 rings (SSSR count). The summed E-state index contributed by atoms with van der Waals surface area (Å²) < 4.78 is 0. The lowest BCUT2D eigenvalue weighted by Gasteiger charge is -2.46. The van der Waals surface area contributed by atoms with Gasteiger partial charge in [0.2, 0.25) is 0 Å². The molecule has 2 aliphatic carbocycles. The Labute approximate surface area is 80.9 Å². The summed E-state index contributed by atoms with van der Waals surface area (Å²) in [5.41, 5.74) is 0. The second-order valence-corrected chi connectivity index (χ2v) is 4.71. The van der Waals surface area contributed by atoms with Gasteiger partial charge in [-0.25, -0.2) is 0 Å². The molecule has 1 nitrogen and oxygen atoms in total. The van der Waals surface area contributed by atoms with E-state index in [9.17, 15) is 4.79 Å². The van der Waals surface area contributed by atoms with E-state index in [4.69, 9.17) is 0 Å². The van der Waals surface area contributed by atoms with Crippen molar-refractivity contribution in [2.24, 2.45) is 17.8 Å². The molecule has 0 heterocycles. The second kappa shape index (κ2) is 3.81. The molecule has 0 aromatic carbocycles. The second-order valence-electron chi connectivity index (χ2n) is 4.71. The summed E-state index contributed by atoms with van der Waals surface area (Å²) in [5, 5.41) is 0. The first-order valence-corrected chi connectivity index (χ1v) is 5.88. The molecule has 13 heavy (non-hydrogen) atoms. The molecule has 0 bridgehead atoms. The van der Waals surface area contributed by atoms with Crippen LogP contribution in [0.1, 0.15) is 51.9 Å². The number of carbonyl (C=O) groups excluding carboxylic acids is 1. The number of unbranched alkanes of at least 4 members (excludes halogenated alkanes) is 1. The molecule has 74 valence electrons. The van der Waals surface area contributed by atoms with E-state index < -0.39 is 0 Å². The maximum absolute atomic E-state index is 11.7. The Kier molecular flexibility index (Phi) is 2.71. The summed E-state index contributed by atoms with van der Waals surface area (Å²) in [6, 6.07) is 0. The highest BCUT2D eigenvalue weighted by atomic mass is 16.1. The minimum Gasteiger partial charge on any atom is -0.299 e. The lowest BCUT2D eigenvalue weighted by molar-refractivity contribution is -0.146. The number of hydrogen-bond acceptors (Lipinski definition) is 1. The molecule has 3 atom stereocenters. The lowest BCUT2D eigenvalue weighted by atomic mass is 9.56. The van der Waals surface area contributed by atoms with E-state index in [0.717, 1.165) is 5.92 Å². The monoisotopic (exact) mass is 180 g/mol. The maximum Gasteiger partial charge on any atom is 0.139 e. The average Bonchev–Trinajstić information content (AvgIpc) is 2.18. The van der Waals surface area contributed by atoms with Crippen LogP contribution in [0.4, 0.5) is 0 Å². The number of Topliss-reactive ketones (excluding diaryl/α,β-unsaturated/α-hetero) is 1. The maximum atomic E-state index is 11.7. The molecule has 1 heteroatoms. The predicted molar refractivity (Wildman–Crippen MR) is 53.5 cm³/mol. The van der Waals surface area contributed by atoms with Crippen molar-refractivity contribution >= 4 is 5.78 Å². The van der Waals surface area contributed by atoms with Gasteiger partial charge in [0, 0.05) is 11.8 Å². The first-order valence-electron chi connectivity index (χ1n) is 5.88. The Bertz CT molecular complexity index is 197. The fourth-order valence-corrected chi connectivity index (χ4v) is 3.14. The van der Waals surface area contributed by atoms with Crippen LogP contribution < -0.4 is 0 Å². The number of rotatable bonds is 3. The zero-order valence-electron chi connectivity index (χ0n) is 8.59. The molecule has 0 unspecified atom stereocenters. The predicted octanol–water partition coefficient (Wildman–Crippen LogP) is 3.18. The van der Waals surface area contributed by atoms with Crippen molar-refractivity contribution in [3.63, 3.8) is 0 Å². The molecule has 2 saturated carbocycles. The summed E-state index contributed by atoms with van der Waals surface area (Å²) in [6.07, 6.45) is 8.87. The molecule has 0 saturated heterocycles. The Morgan fingerprint density at radius 1 is 1.31 bits per heavy atom. The van der Waals surface area contributed by atoms with Gasteiger partial charge in [0.1, 0.15) is 5.78 Å². The molecule has 2 fully saturated rings. The molecule has 0 radical (unpaired) electrons. The van der Waals surface area contributed by atoms with Gasteiger partial charge >= 0.3 is 0 Å². The van der Waals surface area contributed by atoms with Crippen LogP contribution in [-0.4, -0.2) is 5.78 Å². The molecular weight excluding hydrogens is 160 g/mol. The van der Waals surface area contributed by atoms with Crippen LogP contribution in [0.25, 0.3) is 0 Å². The van der Waals surface area contributed by atoms with Crippen molar-refractivity contribution < 1.29 is 4.79 Å². The van der Waals surface area contributed by atoms with Gasteiger partial charge in [0.25, 0.3) is 0 Å². The quantitative estimate of drug-likeness (QED) is 0.652. The van der Waals surface area contributed by atoms with E-state index in [1.165, 1.54) is 44.9 Å². The number of ketones is 1. The van der Waals surface area contributed by atoms with Gasteiger partial charge < -0.3 is 0 Å². The van der Waals surface area contributed by atoms with Gasteiger partial charge in [-0.1, -0.05) is 32.6 Å². The van der Waals surface area contributed by atoms with Crippen molar-refractivity contribution in [2.75, 3.05) is 0 Å². The molecule has 2 aliphatic rings. The van der Waals surface area contributed by atoms with Crippen LogP contribution in [0.2, 0.25) is 0 Å². The molecule has 0 aromatic rings. The summed E-state index contributed by atoms with van der Waals surface area (Å²) in [4.78, 5) is 11.7. The van der Waals surface area contributed by atoms with Crippen molar-refractivity contribution in [3.05, 3.63) is 0 Å². The third-order valence-corrected chi connectivity index (χ3v) is 3.94. The van der Waals surface area contributed by atoms with Crippen molar-refractivity contribution in [3.8, 4) is 0 Å².